The summed E-state index contributed by atoms with van der Waals surface area (Å²) in [5.41, 5.74) is 1.33. The fourth-order valence-corrected chi connectivity index (χ4v) is 1.89. The molecule has 0 saturated carbocycles. The first-order valence-corrected chi connectivity index (χ1v) is 7.29. The van der Waals surface area contributed by atoms with Gasteiger partial charge in [0.05, 0.1) is 0 Å². The van der Waals surface area contributed by atoms with Crippen molar-refractivity contribution >= 4 is 23.4 Å². The van der Waals surface area contributed by atoms with Crippen molar-refractivity contribution in [2.24, 2.45) is 0 Å². The summed E-state index contributed by atoms with van der Waals surface area (Å²) in [5.74, 6) is 0. The molecule has 90 valence electrons. The third kappa shape index (κ3) is 5.24. The maximum atomic E-state index is 5.85. The number of halogens is 1. The van der Waals surface area contributed by atoms with Crippen LogP contribution in [-0.4, -0.2) is 24.1 Å². The van der Waals surface area contributed by atoms with E-state index in [1.165, 1.54) is 5.56 Å². The molecular weight excluding hydrogens is 238 g/mol. The van der Waals surface area contributed by atoms with Gasteiger partial charge in [-0.1, -0.05) is 30.7 Å². The van der Waals surface area contributed by atoms with Crippen molar-refractivity contribution in [2.75, 3.05) is 12.8 Å². The zero-order chi connectivity index (χ0) is 12.0. The van der Waals surface area contributed by atoms with E-state index in [4.69, 9.17) is 11.6 Å². The predicted molar refractivity (Wildman–Crippen MR) is 75.6 cm³/mol. The summed E-state index contributed by atoms with van der Waals surface area (Å²) in [6.45, 7) is 5.53. The van der Waals surface area contributed by atoms with E-state index in [9.17, 15) is 0 Å². The lowest BCUT2D eigenvalue weighted by Gasteiger charge is -2.16. The molecule has 2 atom stereocenters. The molecule has 0 aromatic heterocycles. The van der Waals surface area contributed by atoms with Gasteiger partial charge in [0.15, 0.2) is 0 Å². The Bertz CT molecular complexity index is 299. The summed E-state index contributed by atoms with van der Waals surface area (Å²) in [6, 6.07) is 8.61. The molecule has 1 N–H and O–H groups in total. The Morgan fingerprint density at radius 1 is 1.25 bits per heavy atom. The van der Waals surface area contributed by atoms with Gasteiger partial charge in [0.2, 0.25) is 0 Å². The molecule has 1 aromatic rings. The van der Waals surface area contributed by atoms with Gasteiger partial charge in [-0.15, -0.1) is 0 Å². The SMILES string of the molecule is CSC(C)CNC(C)Cc1ccc(Cl)cc1. The van der Waals surface area contributed by atoms with Gasteiger partial charge < -0.3 is 5.32 Å². The van der Waals surface area contributed by atoms with Gasteiger partial charge in [-0.3, -0.25) is 0 Å². The first-order valence-electron chi connectivity index (χ1n) is 5.62. The Morgan fingerprint density at radius 3 is 2.44 bits per heavy atom. The summed E-state index contributed by atoms with van der Waals surface area (Å²) >= 11 is 7.75. The minimum absolute atomic E-state index is 0.510. The minimum atomic E-state index is 0.510. The highest BCUT2D eigenvalue weighted by Crippen LogP contribution is 2.11. The van der Waals surface area contributed by atoms with E-state index < -0.39 is 0 Å². The largest absolute Gasteiger partial charge is 0.313 e. The topological polar surface area (TPSA) is 12.0 Å². The van der Waals surface area contributed by atoms with Gasteiger partial charge in [0, 0.05) is 22.9 Å². The van der Waals surface area contributed by atoms with Crippen LogP contribution in [0.25, 0.3) is 0 Å². The van der Waals surface area contributed by atoms with Gasteiger partial charge in [0.1, 0.15) is 0 Å². The molecule has 0 aliphatic heterocycles. The molecule has 0 aliphatic carbocycles. The van der Waals surface area contributed by atoms with Gasteiger partial charge in [-0.25, -0.2) is 0 Å². The molecule has 0 saturated heterocycles. The Labute approximate surface area is 108 Å². The highest BCUT2D eigenvalue weighted by atomic mass is 35.5. The molecule has 0 radical (unpaired) electrons. The third-order valence-electron chi connectivity index (χ3n) is 2.61. The van der Waals surface area contributed by atoms with Gasteiger partial charge in [-0.05, 0) is 37.3 Å². The molecule has 0 fully saturated rings. The summed E-state index contributed by atoms with van der Waals surface area (Å²) in [5, 5.41) is 5.02. The van der Waals surface area contributed by atoms with Crippen LogP contribution in [0.1, 0.15) is 19.4 Å². The molecule has 0 aliphatic rings. The molecular formula is C13H20ClNS. The summed E-state index contributed by atoms with van der Waals surface area (Å²) in [4.78, 5) is 0. The van der Waals surface area contributed by atoms with Crippen LogP contribution >= 0.6 is 23.4 Å². The van der Waals surface area contributed by atoms with Crippen molar-refractivity contribution in [3.05, 3.63) is 34.9 Å². The highest BCUT2D eigenvalue weighted by Gasteiger charge is 2.05. The van der Waals surface area contributed by atoms with Crippen molar-refractivity contribution in [1.82, 2.24) is 5.32 Å². The standard InChI is InChI=1S/C13H20ClNS/c1-10(15-9-11(2)16-3)8-12-4-6-13(14)7-5-12/h4-7,10-11,15H,8-9H2,1-3H3. The second-order valence-corrected chi connectivity index (χ2v) is 5.90. The van der Waals surface area contributed by atoms with Gasteiger partial charge >= 0.3 is 0 Å². The van der Waals surface area contributed by atoms with Crippen molar-refractivity contribution in [1.29, 1.82) is 0 Å². The maximum Gasteiger partial charge on any atom is 0.0406 e. The van der Waals surface area contributed by atoms with Crippen LogP contribution < -0.4 is 5.32 Å². The summed E-state index contributed by atoms with van der Waals surface area (Å²) in [6.07, 6.45) is 3.20. The average molecular weight is 258 g/mol. The third-order valence-corrected chi connectivity index (χ3v) is 3.83. The van der Waals surface area contributed by atoms with Crippen LogP contribution in [0, 0.1) is 0 Å². The fraction of sp³-hybridized carbons (Fsp3) is 0.538. The molecule has 2 unspecified atom stereocenters. The van der Waals surface area contributed by atoms with E-state index in [-0.39, 0.29) is 0 Å². The van der Waals surface area contributed by atoms with E-state index in [1.807, 2.05) is 23.9 Å². The van der Waals surface area contributed by atoms with Crippen LogP contribution in [-0.2, 0) is 6.42 Å². The molecule has 1 nitrogen and oxygen atoms in total. The lowest BCUT2D eigenvalue weighted by molar-refractivity contribution is 0.548. The Hall–Kier alpha value is -0.180. The number of nitrogens with one attached hydrogen (secondary N) is 1. The molecule has 0 spiro atoms. The average Bonchev–Trinajstić information content (AvgIpc) is 2.29. The predicted octanol–water partition coefficient (Wildman–Crippen LogP) is 3.61. The first kappa shape index (κ1) is 13.9. The second kappa shape index (κ2) is 7.21. The van der Waals surface area contributed by atoms with Crippen molar-refractivity contribution in [2.45, 2.75) is 31.6 Å². The molecule has 0 amide bonds. The monoisotopic (exact) mass is 257 g/mol. The van der Waals surface area contributed by atoms with Gasteiger partial charge in [-0.2, -0.15) is 11.8 Å². The Morgan fingerprint density at radius 2 is 1.88 bits per heavy atom. The van der Waals surface area contributed by atoms with Crippen molar-refractivity contribution in [3.63, 3.8) is 0 Å². The molecule has 1 aromatic carbocycles. The number of rotatable bonds is 6. The first-order chi connectivity index (χ1) is 7.61. The van der Waals surface area contributed by atoms with Gasteiger partial charge in [0.25, 0.3) is 0 Å². The summed E-state index contributed by atoms with van der Waals surface area (Å²) in [7, 11) is 0. The highest BCUT2D eigenvalue weighted by molar-refractivity contribution is 7.99. The molecule has 0 heterocycles. The second-order valence-electron chi connectivity index (χ2n) is 4.19. The van der Waals surface area contributed by atoms with Crippen LogP contribution in [0.5, 0.6) is 0 Å². The zero-order valence-electron chi connectivity index (χ0n) is 10.2. The number of hydrogen-bond donors (Lipinski definition) is 1. The smallest absolute Gasteiger partial charge is 0.0406 e. The minimum Gasteiger partial charge on any atom is -0.313 e. The number of thioether (sulfide) groups is 1. The number of hydrogen-bond acceptors (Lipinski definition) is 2. The Balaban J connectivity index is 2.33. The van der Waals surface area contributed by atoms with Crippen LogP contribution in [0.3, 0.4) is 0 Å². The lowest BCUT2D eigenvalue weighted by Crippen LogP contribution is -2.32. The quantitative estimate of drug-likeness (QED) is 0.836. The molecule has 3 heteroatoms. The van der Waals surface area contributed by atoms with Crippen molar-refractivity contribution < 1.29 is 0 Å². The molecule has 16 heavy (non-hydrogen) atoms. The lowest BCUT2D eigenvalue weighted by atomic mass is 10.1. The maximum absolute atomic E-state index is 5.85. The van der Waals surface area contributed by atoms with E-state index in [0.29, 0.717) is 11.3 Å². The van der Waals surface area contributed by atoms with E-state index in [2.05, 4.69) is 37.6 Å². The normalized spacial score (nSPS) is 14.8. The summed E-state index contributed by atoms with van der Waals surface area (Å²) < 4.78 is 0. The Kier molecular flexibility index (Phi) is 6.25. The van der Waals surface area contributed by atoms with E-state index >= 15 is 0 Å². The zero-order valence-corrected chi connectivity index (χ0v) is 11.7. The van der Waals surface area contributed by atoms with Crippen molar-refractivity contribution in [3.8, 4) is 0 Å². The fourth-order valence-electron chi connectivity index (χ4n) is 1.50. The van der Waals surface area contributed by atoms with Crippen LogP contribution in [0.4, 0.5) is 0 Å². The molecule has 1 rings (SSSR count). The van der Waals surface area contributed by atoms with E-state index in [0.717, 1.165) is 18.0 Å². The van der Waals surface area contributed by atoms with E-state index in [1.54, 1.807) is 0 Å². The molecule has 0 bridgehead atoms. The number of benzene rings is 1. The van der Waals surface area contributed by atoms with Crippen LogP contribution in [0.15, 0.2) is 24.3 Å². The van der Waals surface area contributed by atoms with Crippen LogP contribution in [0.2, 0.25) is 5.02 Å².